The Balaban J connectivity index is 1.17. The van der Waals surface area contributed by atoms with E-state index in [1.165, 1.54) is 62.9 Å². The Morgan fingerprint density at radius 3 is 2.42 bits per heavy atom. The van der Waals surface area contributed by atoms with Gasteiger partial charge in [-0.05, 0) is 108 Å². The fraction of sp³-hybridized carbons (Fsp3) is 0.484. The Labute approximate surface area is 243 Å². The molecule has 1 saturated heterocycles. The van der Waals surface area contributed by atoms with Gasteiger partial charge in [-0.3, -0.25) is 0 Å². The maximum atomic E-state index is 12.8. The van der Waals surface area contributed by atoms with Crippen molar-refractivity contribution >= 4 is 52.9 Å². The third-order valence-corrected chi connectivity index (χ3v) is 10.7. The Kier molecular flexibility index (Phi) is 7.35. The van der Waals surface area contributed by atoms with Crippen molar-refractivity contribution in [3.63, 3.8) is 0 Å². The summed E-state index contributed by atoms with van der Waals surface area (Å²) in [4.78, 5) is 14.1. The second-order valence-electron chi connectivity index (χ2n) is 12.6. The lowest BCUT2D eigenvalue weighted by Crippen LogP contribution is -2.59. The topological polar surface area (TPSA) is 73.4 Å². The molecule has 1 aliphatic heterocycles. The van der Waals surface area contributed by atoms with Crippen LogP contribution in [0.25, 0.3) is 0 Å². The first kappa shape index (κ1) is 27.6. The molecule has 1 aromatic heterocycles. The normalized spacial score (nSPS) is 19.1. The van der Waals surface area contributed by atoms with Crippen LogP contribution in [-0.4, -0.2) is 61.4 Å². The molecular formula is C31H40ClN6OP. The quantitative estimate of drug-likeness (QED) is 0.277. The SMILES string of the molecule is CN(C)C1CCC2(CC1)CN(c1ccc(Nc3ncc(Cl)c(Nc4ccccc4P(C)(C)=O)n3)cc1C1CC1)C2. The number of rotatable bonds is 8. The van der Waals surface area contributed by atoms with E-state index in [1.54, 1.807) is 19.5 Å². The lowest BCUT2D eigenvalue weighted by molar-refractivity contribution is 0.0887. The van der Waals surface area contributed by atoms with Crippen LogP contribution in [0, 0.1) is 5.41 Å². The van der Waals surface area contributed by atoms with Crippen LogP contribution in [0.4, 0.5) is 28.8 Å². The van der Waals surface area contributed by atoms with Crippen molar-refractivity contribution in [2.24, 2.45) is 5.41 Å². The van der Waals surface area contributed by atoms with Crippen molar-refractivity contribution in [2.75, 3.05) is 56.0 Å². The summed E-state index contributed by atoms with van der Waals surface area (Å²) in [5.41, 5.74) is 5.06. The minimum atomic E-state index is -2.48. The molecule has 0 amide bonds. The zero-order chi connectivity index (χ0) is 28.1. The predicted molar refractivity (Wildman–Crippen MR) is 168 cm³/mol. The van der Waals surface area contributed by atoms with Crippen LogP contribution in [-0.2, 0) is 4.57 Å². The van der Waals surface area contributed by atoms with Gasteiger partial charge in [0.2, 0.25) is 5.95 Å². The fourth-order valence-corrected chi connectivity index (χ4v) is 7.74. The average Bonchev–Trinajstić information content (AvgIpc) is 3.75. The summed E-state index contributed by atoms with van der Waals surface area (Å²) in [6.07, 6.45) is 9.42. The highest BCUT2D eigenvalue weighted by Gasteiger charge is 2.46. The number of hydrogen-bond donors (Lipinski definition) is 2. The van der Waals surface area contributed by atoms with Crippen LogP contribution < -0.4 is 20.8 Å². The van der Waals surface area contributed by atoms with Gasteiger partial charge in [0.1, 0.15) is 12.2 Å². The molecular weight excluding hydrogens is 539 g/mol. The summed E-state index contributed by atoms with van der Waals surface area (Å²) in [5.74, 6) is 1.58. The van der Waals surface area contributed by atoms with Crippen LogP contribution in [0.3, 0.4) is 0 Å². The lowest BCUT2D eigenvalue weighted by Gasteiger charge is -2.55. The van der Waals surface area contributed by atoms with E-state index in [0.717, 1.165) is 22.7 Å². The molecule has 0 atom stereocenters. The predicted octanol–water partition coefficient (Wildman–Crippen LogP) is 7.05. The number of hydrogen-bond acceptors (Lipinski definition) is 7. The third kappa shape index (κ3) is 5.74. The van der Waals surface area contributed by atoms with Crippen LogP contribution in [0.5, 0.6) is 0 Å². The van der Waals surface area contributed by atoms with E-state index >= 15 is 0 Å². The van der Waals surface area contributed by atoms with E-state index in [9.17, 15) is 4.57 Å². The molecule has 2 saturated carbocycles. The van der Waals surface area contributed by atoms with Gasteiger partial charge in [0.25, 0.3) is 0 Å². The molecule has 3 fully saturated rings. The third-order valence-electron chi connectivity index (χ3n) is 8.92. The summed E-state index contributed by atoms with van der Waals surface area (Å²) >= 11 is 6.46. The lowest BCUT2D eigenvalue weighted by atomic mass is 9.67. The van der Waals surface area contributed by atoms with Crippen molar-refractivity contribution in [3.8, 4) is 0 Å². The number of para-hydroxylation sites is 1. The van der Waals surface area contributed by atoms with Crippen LogP contribution >= 0.6 is 18.7 Å². The zero-order valence-electron chi connectivity index (χ0n) is 24.0. The van der Waals surface area contributed by atoms with Gasteiger partial charge in [0, 0.05) is 41.2 Å². The maximum absolute atomic E-state index is 12.8. The van der Waals surface area contributed by atoms with Gasteiger partial charge in [-0.2, -0.15) is 4.98 Å². The van der Waals surface area contributed by atoms with E-state index in [1.807, 2.05) is 24.3 Å². The molecule has 6 rings (SSSR count). The summed E-state index contributed by atoms with van der Waals surface area (Å²) < 4.78 is 12.8. The van der Waals surface area contributed by atoms with Crippen molar-refractivity contribution in [3.05, 3.63) is 59.2 Å². The molecule has 0 unspecified atom stereocenters. The maximum Gasteiger partial charge on any atom is 0.229 e. The molecule has 2 N–H and O–H groups in total. The fourth-order valence-electron chi connectivity index (χ4n) is 6.44. The minimum absolute atomic E-state index is 0.405. The van der Waals surface area contributed by atoms with Gasteiger partial charge in [-0.25, -0.2) is 4.98 Å². The van der Waals surface area contributed by atoms with Crippen molar-refractivity contribution in [1.82, 2.24) is 14.9 Å². The summed E-state index contributed by atoms with van der Waals surface area (Å²) in [6, 6.07) is 15.0. The summed E-state index contributed by atoms with van der Waals surface area (Å²) in [7, 11) is 1.95. The van der Waals surface area contributed by atoms with Crippen LogP contribution in [0.1, 0.15) is 50.0 Å². The first-order valence-electron chi connectivity index (χ1n) is 14.4. The first-order valence-corrected chi connectivity index (χ1v) is 17.3. The zero-order valence-corrected chi connectivity index (χ0v) is 25.6. The largest absolute Gasteiger partial charge is 0.370 e. The molecule has 0 radical (unpaired) electrons. The highest BCUT2D eigenvalue weighted by Crippen LogP contribution is 2.51. The van der Waals surface area contributed by atoms with Crippen molar-refractivity contribution in [2.45, 2.75) is 50.5 Å². The van der Waals surface area contributed by atoms with Gasteiger partial charge < -0.3 is 25.0 Å². The molecule has 2 aliphatic carbocycles. The van der Waals surface area contributed by atoms with Crippen LogP contribution in [0.15, 0.2) is 48.7 Å². The van der Waals surface area contributed by atoms with Crippen molar-refractivity contribution < 1.29 is 4.57 Å². The second kappa shape index (κ2) is 10.7. The molecule has 0 bridgehead atoms. The van der Waals surface area contributed by atoms with Gasteiger partial charge in [-0.15, -0.1) is 0 Å². The summed E-state index contributed by atoms with van der Waals surface area (Å²) in [6.45, 7) is 5.88. The highest BCUT2D eigenvalue weighted by atomic mass is 35.5. The highest BCUT2D eigenvalue weighted by molar-refractivity contribution is 7.70. The molecule has 212 valence electrons. The Hall–Kier alpha value is -2.60. The Morgan fingerprint density at radius 2 is 1.75 bits per heavy atom. The molecule has 2 heterocycles. The number of nitrogens with one attached hydrogen (secondary N) is 2. The standard InChI is InChI=1S/C31H40ClN6OP/c1-37(2)23-13-15-31(16-14-23)19-38(20-31)27-12-11-22(17-24(27)21-9-10-21)34-30-33-18-25(32)29(36-30)35-26-7-5-6-8-28(26)40(3,4)39/h5-8,11-12,17-18,21,23H,9-10,13-16,19-20H2,1-4H3,(H2,33,34,35,36). The van der Waals surface area contributed by atoms with Gasteiger partial charge in [0.05, 0.1) is 11.9 Å². The van der Waals surface area contributed by atoms with E-state index in [0.29, 0.717) is 28.1 Å². The average molecular weight is 579 g/mol. The van der Waals surface area contributed by atoms with E-state index in [4.69, 9.17) is 11.6 Å². The van der Waals surface area contributed by atoms with Gasteiger partial charge >= 0.3 is 0 Å². The number of halogens is 1. The van der Waals surface area contributed by atoms with Gasteiger partial charge in [0.15, 0.2) is 5.82 Å². The smallest absolute Gasteiger partial charge is 0.229 e. The molecule has 1 spiro atoms. The number of anilines is 5. The minimum Gasteiger partial charge on any atom is -0.370 e. The monoisotopic (exact) mass is 578 g/mol. The van der Waals surface area contributed by atoms with E-state index in [-0.39, 0.29) is 0 Å². The molecule has 7 nitrogen and oxygen atoms in total. The molecule has 3 aromatic rings. The Morgan fingerprint density at radius 1 is 1.02 bits per heavy atom. The van der Waals surface area contributed by atoms with E-state index < -0.39 is 7.14 Å². The number of benzene rings is 2. The number of aromatic nitrogens is 2. The Bertz CT molecular complexity index is 1440. The second-order valence-corrected chi connectivity index (χ2v) is 16.2. The van der Waals surface area contributed by atoms with Crippen LogP contribution in [0.2, 0.25) is 5.02 Å². The molecule has 9 heteroatoms. The number of nitrogens with zero attached hydrogens (tertiary/aromatic N) is 4. The van der Waals surface area contributed by atoms with Crippen molar-refractivity contribution in [1.29, 1.82) is 0 Å². The van der Waals surface area contributed by atoms with E-state index in [2.05, 4.69) is 62.7 Å². The first-order chi connectivity index (χ1) is 19.1. The molecule has 2 aromatic carbocycles. The molecule has 40 heavy (non-hydrogen) atoms. The summed E-state index contributed by atoms with van der Waals surface area (Å²) in [5, 5.41) is 7.86. The molecule has 3 aliphatic rings. The van der Waals surface area contributed by atoms with Gasteiger partial charge in [-0.1, -0.05) is 23.7 Å².